The van der Waals surface area contributed by atoms with E-state index < -0.39 is 11.6 Å². The van der Waals surface area contributed by atoms with Crippen molar-refractivity contribution in [1.82, 2.24) is 0 Å². The van der Waals surface area contributed by atoms with Crippen molar-refractivity contribution in [2.75, 3.05) is 0 Å². The van der Waals surface area contributed by atoms with Crippen LogP contribution in [-0.4, -0.2) is 0 Å². The van der Waals surface area contributed by atoms with Gasteiger partial charge < -0.3 is 10.5 Å². The molecule has 0 spiro atoms. The van der Waals surface area contributed by atoms with Crippen molar-refractivity contribution in [2.24, 2.45) is 5.73 Å². The van der Waals surface area contributed by atoms with Crippen LogP contribution in [0.1, 0.15) is 11.1 Å². The molecule has 2 aromatic carbocycles. The predicted octanol–water partition coefficient (Wildman–Crippen LogP) is 3.52. The first-order valence-corrected chi connectivity index (χ1v) is 5.54. The van der Waals surface area contributed by atoms with Crippen LogP contribution in [-0.2, 0) is 6.54 Å². The lowest BCUT2D eigenvalue weighted by molar-refractivity contribution is 0.430. The fourth-order valence-electron chi connectivity index (χ4n) is 1.65. The number of halogens is 2. The highest BCUT2D eigenvalue weighted by Gasteiger charge is 2.12. The van der Waals surface area contributed by atoms with E-state index in [-0.39, 0.29) is 23.6 Å². The van der Waals surface area contributed by atoms with E-state index in [9.17, 15) is 8.78 Å². The Morgan fingerprint density at radius 1 is 1.06 bits per heavy atom. The number of benzene rings is 2. The molecule has 0 amide bonds. The molecule has 0 bridgehead atoms. The first-order chi connectivity index (χ1) is 8.63. The molecule has 2 aromatic rings. The highest BCUT2D eigenvalue weighted by molar-refractivity contribution is 5.40. The molecule has 0 unspecified atom stereocenters. The van der Waals surface area contributed by atoms with Crippen LogP contribution < -0.4 is 10.5 Å². The molecule has 0 radical (unpaired) electrons. The maximum atomic E-state index is 13.8. The summed E-state index contributed by atoms with van der Waals surface area (Å²) in [5.41, 5.74) is 6.16. The topological polar surface area (TPSA) is 35.2 Å². The molecule has 4 heteroatoms. The molecule has 18 heavy (non-hydrogen) atoms. The van der Waals surface area contributed by atoms with Gasteiger partial charge in [0, 0.05) is 12.1 Å². The van der Waals surface area contributed by atoms with Crippen molar-refractivity contribution in [3.8, 4) is 11.5 Å². The van der Waals surface area contributed by atoms with Crippen molar-refractivity contribution in [2.45, 2.75) is 13.5 Å². The summed E-state index contributed by atoms with van der Waals surface area (Å²) in [6, 6.07) is 9.16. The third-order valence-corrected chi connectivity index (χ3v) is 2.66. The fourth-order valence-corrected chi connectivity index (χ4v) is 1.65. The quantitative estimate of drug-likeness (QED) is 0.903. The second-order valence-electron chi connectivity index (χ2n) is 3.91. The molecule has 0 saturated heterocycles. The van der Waals surface area contributed by atoms with Gasteiger partial charge in [-0.3, -0.25) is 0 Å². The monoisotopic (exact) mass is 249 g/mol. The maximum absolute atomic E-state index is 13.8. The average Bonchev–Trinajstić information content (AvgIpc) is 2.35. The molecule has 0 heterocycles. The Morgan fingerprint density at radius 3 is 2.44 bits per heavy atom. The van der Waals surface area contributed by atoms with Crippen molar-refractivity contribution in [3.63, 3.8) is 0 Å². The second-order valence-corrected chi connectivity index (χ2v) is 3.91. The smallest absolute Gasteiger partial charge is 0.168 e. The summed E-state index contributed by atoms with van der Waals surface area (Å²) < 4.78 is 32.7. The van der Waals surface area contributed by atoms with Crippen LogP contribution in [0.2, 0.25) is 0 Å². The summed E-state index contributed by atoms with van der Waals surface area (Å²) in [5.74, 6) is -0.606. The molecule has 0 aromatic heterocycles. The molecule has 0 aliphatic heterocycles. The molecular weight excluding hydrogens is 236 g/mol. The zero-order valence-electron chi connectivity index (χ0n) is 9.91. The van der Waals surface area contributed by atoms with Crippen LogP contribution in [0.15, 0.2) is 36.4 Å². The van der Waals surface area contributed by atoms with Gasteiger partial charge in [0.2, 0.25) is 0 Å². The molecule has 2 nitrogen and oxygen atoms in total. The number of hydrogen-bond donors (Lipinski definition) is 1. The van der Waals surface area contributed by atoms with Crippen LogP contribution in [0.5, 0.6) is 11.5 Å². The van der Waals surface area contributed by atoms with E-state index in [0.29, 0.717) is 5.56 Å². The maximum Gasteiger partial charge on any atom is 0.168 e. The van der Waals surface area contributed by atoms with Crippen LogP contribution in [0, 0.1) is 18.6 Å². The van der Waals surface area contributed by atoms with E-state index in [2.05, 4.69) is 0 Å². The summed E-state index contributed by atoms with van der Waals surface area (Å²) >= 11 is 0. The largest absolute Gasteiger partial charge is 0.454 e. The van der Waals surface area contributed by atoms with Crippen LogP contribution in [0.25, 0.3) is 0 Å². The van der Waals surface area contributed by atoms with Gasteiger partial charge in [0.15, 0.2) is 11.6 Å². The molecule has 0 aliphatic carbocycles. The first kappa shape index (κ1) is 12.5. The zero-order valence-corrected chi connectivity index (χ0v) is 9.91. The number of aryl methyl sites for hydroxylation is 1. The van der Waals surface area contributed by atoms with E-state index in [1.807, 2.05) is 0 Å². The van der Waals surface area contributed by atoms with Gasteiger partial charge in [-0.25, -0.2) is 8.78 Å². The third kappa shape index (κ3) is 2.33. The molecule has 94 valence electrons. The van der Waals surface area contributed by atoms with Crippen molar-refractivity contribution < 1.29 is 13.5 Å². The number of nitrogens with two attached hydrogens (primary N) is 1. The normalized spacial score (nSPS) is 10.4. The lowest BCUT2D eigenvalue weighted by Gasteiger charge is -2.12. The summed E-state index contributed by atoms with van der Waals surface area (Å²) in [6.45, 7) is 1.63. The minimum atomic E-state index is -0.455. The molecule has 2 rings (SSSR count). The summed E-state index contributed by atoms with van der Waals surface area (Å²) in [7, 11) is 0. The van der Waals surface area contributed by atoms with Gasteiger partial charge in [0.05, 0.1) is 0 Å². The van der Waals surface area contributed by atoms with E-state index in [0.717, 1.165) is 0 Å². The first-order valence-electron chi connectivity index (χ1n) is 5.54. The number of hydrogen-bond acceptors (Lipinski definition) is 2. The molecule has 0 saturated carbocycles. The summed E-state index contributed by atoms with van der Waals surface area (Å²) in [6.07, 6.45) is 0. The molecule has 0 fully saturated rings. The number of rotatable bonds is 3. The number of ether oxygens (including phenoxy) is 1. The Morgan fingerprint density at radius 2 is 1.72 bits per heavy atom. The van der Waals surface area contributed by atoms with Gasteiger partial charge >= 0.3 is 0 Å². The minimum absolute atomic E-state index is 0.00452. The van der Waals surface area contributed by atoms with E-state index in [1.165, 1.54) is 18.2 Å². The van der Waals surface area contributed by atoms with Crippen molar-refractivity contribution in [3.05, 3.63) is 59.2 Å². The van der Waals surface area contributed by atoms with Crippen molar-refractivity contribution >= 4 is 0 Å². The highest BCUT2D eigenvalue weighted by Crippen LogP contribution is 2.29. The van der Waals surface area contributed by atoms with Gasteiger partial charge in [-0.2, -0.15) is 0 Å². The SMILES string of the molecule is Cc1cccc(Oc2cccc(F)c2CN)c1F. The Hall–Kier alpha value is -1.94. The zero-order chi connectivity index (χ0) is 13.1. The van der Waals surface area contributed by atoms with Gasteiger partial charge in [0.25, 0.3) is 0 Å². The summed E-state index contributed by atoms with van der Waals surface area (Å²) in [5, 5.41) is 0. The van der Waals surface area contributed by atoms with Gasteiger partial charge in [-0.05, 0) is 30.7 Å². The highest BCUT2D eigenvalue weighted by atomic mass is 19.1. The predicted molar refractivity (Wildman–Crippen MR) is 65.5 cm³/mol. The Kier molecular flexibility index (Phi) is 3.58. The van der Waals surface area contributed by atoms with E-state index in [1.54, 1.807) is 25.1 Å². The lowest BCUT2D eigenvalue weighted by Crippen LogP contribution is -2.03. The van der Waals surface area contributed by atoms with Crippen LogP contribution >= 0.6 is 0 Å². The Balaban J connectivity index is 2.40. The van der Waals surface area contributed by atoms with Gasteiger partial charge in [-0.15, -0.1) is 0 Å². The molecule has 2 N–H and O–H groups in total. The molecule has 0 aliphatic rings. The second kappa shape index (κ2) is 5.14. The average molecular weight is 249 g/mol. The van der Waals surface area contributed by atoms with Crippen molar-refractivity contribution in [1.29, 1.82) is 0 Å². The fraction of sp³-hybridized carbons (Fsp3) is 0.143. The minimum Gasteiger partial charge on any atom is -0.454 e. The van der Waals surface area contributed by atoms with E-state index in [4.69, 9.17) is 10.5 Å². The van der Waals surface area contributed by atoms with Gasteiger partial charge in [0.1, 0.15) is 11.6 Å². The standard InChI is InChI=1S/C14H13F2NO/c1-9-4-2-7-13(14(9)16)18-12-6-3-5-11(15)10(12)8-17/h2-7H,8,17H2,1H3. The summed E-state index contributed by atoms with van der Waals surface area (Å²) in [4.78, 5) is 0. The van der Waals surface area contributed by atoms with Crippen LogP contribution in [0.3, 0.4) is 0 Å². The van der Waals surface area contributed by atoms with Crippen LogP contribution in [0.4, 0.5) is 8.78 Å². The third-order valence-electron chi connectivity index (χ3n) is 2.66. The van der Waals surface area contributed by atoms with Gasteiger partial charge in [-0.1, -0.05) is 18.2 Å². The Bertz CT molecular complexity index is 570. The molecular formula is C14H13F2NO. The molecule has 0 atom stereocenters. The Labute approximate surface area is 104 Å². The van der Waals surface area contributed by atoms with E-state index >= 15 is 0 Å². The lowest BCUT2D eigenvalue weighted by atomic mass is 10.2.